The molecule has 0 radical (unpaired) electrons. The highest BCUT2D eigenvalue weighted by molar-refractivity contribution is 8.00. The van der Waals surface area contributed by atoms with E-state index >= 15 is 0 Å². The van der Waals surface area contributed by atoms with Crippen molar-refractivity contribution in [3.63, 3.8) is 0 Å². The van der Waals surface area contributed by atoms with Gasteiger partial charge in [-0.2, -0.15) is 0 Å². The van der Waals surface area contributed by atoms with Gasteiger partial charge in [0, 0.05) is 94.3 Å². The molecule has 476 valence electrons. The Morgan fingerprint density at radius 2 is 0.740 bits per heavy atom. The van der Waals surface area contributed by atoms with Crippen molar-refractivity contribution in [3.05, 3.63) is 333 Å². The van der Waals surface area contributed by atoms with Crippen molar-refractivity contribution in [3.8, 4) is 27.9 Å². The number of aromatic nitrogens is 1. The molecule has 0 N–H and O–H groups in total. The van der Waals surface area contributed by atoms with Crippen molar-refractivity contribution in [1.82, 2.24) is 4.57 Å². The van der Waals surface area contributed by atoms with Crippen molar-refractivity contribution < 1.29 is 0 Å². The maximum atomic E-state index is 2.70. The minimum Gasteiger partial charge on any atom is -0.311 e. The van der Waals surface area contributed by atoms with Crippen LogP contribution in [0.2, 0.25) is 0 Å². The van der Waals surface area contributed by atoms with Gasteiger partial charge in [-0.1, -0.05) is 265 Å². The minimum atomic E-state index is -0.182. The number of nitrogens with zero attached hydrogens (tertiary/aromatic N) is 5. The van der Waals surface area contributed by atoms with Crippen LogP contribution in [0.5, 0.6) is 0 Å². The Balaban J connectivity index is 0.935. The lowest BCUT2D eigenvalue weighted by molar-refractivity contribution is 0.590. The molecule has 19 rings (SSSR count). The topological polar surface area (TPSA) is 17.9 Å². The van der Waals surface area contributed by atoms with Crippen molar-refractivity contribution in [2.75, 3.05) is 19.6 Å². The van der Waals surface area contributed by atoms with Gasteiger partial charge in [-0.15, -0.1) is 0 Å². The zero-order valence-corrected chi connectivity index (χ0v) is 57.7. The number of fused-ring (bicyclic) bond motifs is 11. The van der Waals surface area contributed by atoms with Crippen LogP contribution in [-0.2, 0) is 10.8 Å². The van der Waals surface area contributed by atoms with E-state index in [2.05, 4.69) is 387 Å². The molecule has 5 heterocycles. The van der Waals surface area contributed by atoms with Gasteiger partial charge >= 0.3 is 0 Å². The van der Waals surface area contributed by atoms with Gasteiger partial charge in [0.05, 0.1) is 22.4 Å². The predicted octanol–water partition coefficient (Wildman–Crippen LogP) is 21.0. The summed E-state index contributed by atoms with van der Waals surface area (Å²) in [6, 6.07) is 121. The first-order chi connectivity index (χ1) is 48.9. The van der Waals surface area contributed by atoms with Crippen molar-refractivity contribution in [2.24, 2.45) is 0 Å². The summed E-state index contributed by atoms with van der Waals surface area (Å²) >= 11 is 1.94. The molecule has 0 fully saturated rings. The zero-order valence-electron chi connectivity index (χ0n) is 56.9. The molecule has 5 nitrogen and oxygen atoms in total. The Labute approximate surface area is 591 Å². The van der Waals surface area contributed by atoms with E-state index in [1.54, 1.807) is 0 Å². The number of anilines is 12. The smallest absolute Gasteiger partial charge is 0.252 e. The molecule has 0 atom stereocenters. The molecule has 0 spiro atoms. The third kappa shape index (κ3) is 9.48. The summed E-state index contributed by atoms with van der Waals surface area (Å²) in [5.74, 6) is 0. The van der Waals surface area contributed by atoms with E-state index < -0.39 is 0 Å². The van der Waals surface area contributed by atoms with Crippen LogP contribution >= 0.6 is 11.8 Å². The standard InChI is InChI=1S/C92H71B2N5S/c1-91(2,3)62-48-50-78-72(52-62)73-53-63(92(4,5)6)49-51-79(73)98(78)69-56-85-89-87(57-69)100-86-59-82-76(58-77(86)94(89)75-45-26-28-47-81(75)97(85)67-40-23-12-24-41-67)93-74-44-25-27-46-80(74)96(66-38-21-11-22-39-66)83-54-68(95(64-34-17-9-18-35-64)65-36-19-10-20-37-65)55-84(88(83)93)99(82)90-70(60-30-13-7-14-31-60)42-29-43-71(90)61-32-15-8-16-33-61/h7-59H,1-6H3. The molecule has 0 saturated heterocycles. The Bertz CT molecular complexity index is 5580. The summed E-state index contributed by atoms with van der Waals surface area (Å²) in [6.07, 6.45) is 0. The maximum absolute atomic E-state index is 2.70. The van der Waals surface area contributed by atoms with E-state index in [9.17, 15) is 0 Å². The van der Waals surface area contributed by atoms with Crippen molar-refractivity contribution >= 4 is 148 Å². The van der Waals surface area contributed by atoms with E-state index in [0.29, 0.717) is 0 Å². The monoisotopic (exact) mass is 1300 g/mol. The number of para-hydroxylation sites is 7. The number of rotatable bonds is 9. The highest BCUT2D eigenvalue weighted by Crippen LogP contribution is 2.54. The molecule has 14 aromatic carbocycles. The van der Waals surface area contributed by atoms with Crippen LogP contribution < -0.4 is 52.4 Å². The molecule has 4 aliphatic rings. The van der Waals surface area contributed by atoms with Gasteiger partial charge in [-0.25, -0.2) is 0 Å². The van der Waals surface area contributed by atoms with E-state index in [0.717, 1.165) is 84.8 Å². The van der Waals surface area contributed by atoms with Gasteiger partial charge in [0.25, 0.3) is 6.71 Å². The average molecular weight is 1300 g/mol. The Morgan fingerprint density at radius 1 is 0.300 bits per heavy atom. The summed E-state index contributed by atoms with van der Waals surface area (Å²) in [5, 5.41) is 2.55. The summed E-state index contributed by atoms with van der Waals surface area (Å²) in [5.41, 5.74) is 31.9. The van der Waals surface area contributed by atoms with Gasteiger partial charge in [-0.05, 0) is 176 Å². The highest BCUT2D eigenvalue weighted by atomic mass is 32.2. The molecule has 0 amide bonds. The van der Waals surface area contributed by atoms with Crippen LogP contribution in [0.15, 0.2) is 331 Å². The summed E-state index contributed by atoms with van der Waals surface area (Å²) in [7, 11) is 0. The molecule has 1 aromatic heterocycles. The molecule has 0 aliphatic carbocycles. The largest absolute Gasteiger partial charge is 0.311 e. The van der Waals surface area contributed by atoms with E-state index in [-0.39, 0.29) is 24.3 Å². The third-order valence-corrected chi connectivity index (χ3v) is 22.4. The van der Waals surface area contributed by atoms with Crippen molar-refractivity contribution in [1.29, 1.82) is 0 Å². The number of benzene rings is 14. The van der Waals surface area contributed by atoms with Crippen LogP contribution in [0.4, 0.5) is 68.2 Å². The highest BCUT2D eigenvalue weighted by Gasteiger charge is 2.48. The zero-order chi connectivity index (χ0) is 67.1. The van der Waals surface area contributed by atoms with Gasteiger partial charge in [-0.3, -0.25) is 0 Å². The molecule has 15 aromatic rings. The fourth-order valence-corrected chi connectivity index (χ4v) is 17.9. The van der Waals surface area contributed by atoms with Crippen LogP contribution in [-0.4, -0.2) is 18.0 Å². The second-order valence-electron chi connectivity index (χ2n) is 29.2. The molecule has 0 saturated carbocycles. The van der Waals surface area contributed by atoms with Gasteiger partial charge in [0.15, 0.2) is 0 Å². The summed E-state index contributed by atoms with van der Waals surface area (Å²) in [6.45, 7) is 13.7. The predicted molar refractivity (Wildman–Crippen MR) is 428 cm³/mol. The molecular weight excluding hydrogens is 1230 g/mol. The lowest BCUT2D eigenvalue weighted by atomic mass is 9.31. The van der Waals surface area contributed by atoms with Crippen LogP contribution in [0.1, 0.15) is 52.7 Å². The lowest BCUT2D eigenvalue weighted by Crippen LogP contribution is -2.64. The van der Waals surface area contributed by atoms with Gasteiger partial charge in [0.1, 0.15) is 0 Å². The molecule has 100 heavy (non-hydrogen) atoms. The minimum absolute atomic E-state index is 0.0371. The first kappa shape index (κ1) is 59.8. The van der Waals surface area contributed by atoms with Crippen LogP contribution in [0.25, 0.3) is 49.7 Å². The second kappa shape index (κ2) is 23.1. The molecule has 0 bridgehead atoms. The SMILES string of the molecule is CC(C)(C)c1ccc2c(c1)c1cc(C(C)(C)C)ccc1n2-c1cc2c3c(c1)N(c1ccccc1)c1ccccc1B3c1cc3c(cc1S2)N(c1c(-c2ccccc2)cccc1-c1ccccc1)c1cc(N(c2ccccc2)c2ccccc2)cc2c1B3c1ccccc1N2c1ccccc1. The average Bonchev–Trinajstić information content (AvgIpc) is 0.743. The first-order valence-electron chi connectivity index (χ1n) is 35.0. The normalized spacial score (nSPS) is 13.4. The number of hydrogen-bond acceptors (Lipinski definition) is 5. The van der Waals surface area contributed by atoms with E-state index in [4.69, 9.17) is 0 Å². The maximum Gasteiger partial charge on any atom is 0.252 e. The van der Waals surface area contributed by atoms with Crippen LogP contribution in [0.3, 0.4) is 0 Å². The molecule has 4 aliphatic heterocycles. The third-order valence-electron chi connectivity index (χ3n) is 21.2. The lowest BCUT2D eigenvalue weighted by Gasteiger charge is -2.46. The number of hydrogen-bond donors (Lipinski definition) is 0. The van der Waals surface area contributed by atoms with Gasteiger partial charge in [0.2, 0.25) is 6.71 Å². The van der Waals surface area contributed by atoms with Crippen LogP contribution in [0, 0.1) is 0 Å². The second-order valence-corrected chi connectivity index (χ2v) is 30.3. The Morgan fingerprint density at radius 3 is 1.24 bits per heavy atom. The quantitative estimate of drug-likeness (QED) is 0.134. The summed E-state index contributed by atoms with van der Waals surface area (Å²) < 4.78 is 2.56. The van der Waals surface area contributed by atoms with Gasteiger partial charge < -0.3 is 24.2 Å². The molecular formula is C92H71B2N5S. The fourth-order valence-electron chi connectivity index (χ4n) is 16.6. The van der Waals surface area contributed by atoms with E-state index in [1.165, 1.54) is 86.9 Å². The Kier molecular flexibility index (Phi) is 13.8. The fraction of sp³-hybridized carbons (Fsp3) is 0.0870. The molecule has 8 heteroatoms. The summed E-state index contributed by atoms with van der Waals surface area (Å²) in [4.78, 5) is 12.7. The first-order valence-corrected chi connectivity index (χ1v) is 35.9. The molecule has 0 unspecified atom stereocenters. The van der Waals surface area contributed by atoms with E-state index in [1.807, 2.05) is 11.8 Å². The van der Waals surface area contributed by atoms with Crippen molar-refractivity contribution in [2.45, 2.75) is 62.2 Å². The Hall–Kier alpha value is -11.4.